The number of fused-ring (bicyclic) bond motifs is 1. The number of hydrogen-bond acceptors (Lipinski definition) is 2. The second-order valence-corrected chi connectivity index (χ2v) is 4.65. The van der Waals surface area contributed by atoms with E-state index < -0.39 is 11.6 Å². The molecule has 0 bridgehead atoms. The van der Waals surface area contributed by atoms with E-state index in [9.17, 15) is 8.78 Å². The zero-order chi connectivity index (χ0) is 13.1. The Labute approximate surface area is 105 Å². The van der Waals surface area contributed by atoms with Crippen molar-refractivity contribution in [2.45, 2.75) is 32.7 Å². The van der Waals surface area contributed by atoms with Crippen molar-refractivity contribution in [2.24, 2.45) is 0 Å². The fourth-order valence-corrected chi connectivity index (χ4v) is 1.83. The largest absolute Gasteiger partial charge is 0.342 e. The predicted octanol–water partition coefficient (Wildman–Crippen LogP) is 2.77. The summed E-state index contributed by atoms with van der Waals surface area (Å²) in [5, 5.41) is 3.29. The molecule has 0 saturated heterocycles. The first kappa shape index (κ1) is 13.0. The summed E-state index contributed by atoms with van der Waals surface area (Å²) in [7, 11) is 0. The molecule has 1 heterocycles. The molecule has 18 heavy (non-hydrogen) atoms. The van der Waals surface area contributed by atoms with E-state index in [1.807, 2.05) is 0 Å². The van der Waals surface area contributed by atoms with Crippen molar-refractivity contribution in [3.63, 3.8) is 0 Å². The van der Waals surface area contributed by atoms with Crippen molar-refractivity contribution in [2.75, 3.05) is 6.54 Å². The van der Waals surface area contributed by atoms with Crippen LogP contribution in [0.15, 0.2) is 12.1 Å². The minimum Gasteiger partial charge on any atom is -0.342 e. The van der Waals surface area contributed by atoms with Crippen LogP contribution in [-0.4, -0.2) is 22.6 Å². The third-order valence-electron chi connectivity index (χ3n) is 2.74. The lowest BCUT2D eigenvalue weighted by Gasteiger charge is -2.06. The van der Waals surface area contributed by atoms with Gasteiger partial charge in [0.15, 0.2) is 11.6 Å². The molecular formula is C13H17F2N3. The lowest BCUT2D eigenvalue weighted by molar-refractivity contribution is 0.515. The molecule has 0 fully saturated rings. The molecule has 1 aromatic heterocycles. The highest BCUT2D eigenvalue weighted by Gasteiger charge is 2.11. The highest BCUT2D eigenvalue weighted by molar-refractivity contribution is 5.75. The van der Waals surface area contributed by atoms with Crippen molar-refractivity contribution in [1.82, 2.24) is 15.3 Å². The molecule has 2 rings (SSSR count). The molecule has 5 heteroatoms. The van der Waals surface area contributed by atoms with Gasteiger partial charge in [0.2, 0.25) is 0 Å². The van der Waals surface area contributed by atoms with Crippen molar-refractivity contribution in [3.8, 4) is 0 Å². The minimum atomic E-state index is -0.879. The maximum atomic E-state index is 13.4. The molecule has 2 N–H and O–H groups in total. The second kappa shape index (κ2) is 5.44. The lowest BCUT2D eigenvalue weighted by atomic mass is 10.3. The van der Waals surface area contributed by atoms with E-state index in [2.05, 4.69) is 29.1 Å². The summed E-state index contributed by atoms with van der Waals surface area (Å²) in [5.74, 6) is -1.04. The van der Waals surface area contributed by atoms with Crippen LogP contribution in [0.3, 0.4) is 0 Å². The SMILES string of the molecule is CC(C)NCCCc1nc2c(F)c(F)ccc2[nH]1. The summed E-state index contributed by atoms with van der Waals surface area (Å²) in [6.45, 7) is 5.05. The quantitative estimate of drug-likeness (QED) is 0.804. The van der Waals surface area contributed by atoms with E-state index in [0.29, 0.717) is 17.4 Å². The molecule has 3 nitrogen and oxygen atoms in total. The fourth-order valence-electron chi connectivity index (χ4n) is 1.83. The summed E-state index contributed by atoms with van der Waals surface area (Å²) in [4.78, 5) is 7.10. The van der Waals surface area contributed by atoms with E-state index in [4.69, 9.17) is 0 Å². The van der Waals surface area contributed by atoms with E-state index in [-0.39, 0.29) is 5.52 Å². The number of nitrogens with zero attached hydrogens (tertiary/aromatic N) is 1. The Balaban J connectivity index is 2.04. The topological polar surface area (TPSA) is 40.7 Å². The van der Waals surface area contributed by atoms with Gasteiger partial charge in [0.05, 0.1) is 5.52 Å². The Kier molecular flexibility index (Phi) is 3.91. The van der Waals surface area contributed by atoms with E-state index >= 15 is 0 Å². The monoisotopic (exact) mass is 253 g/mol. The Morgan fingerprint density at radius 3 is 2.83 bits per heavy atom. The number of imidazole rings is 1. The summed E-state index contributed by atoms with van der Waals surface area (Å²) >= 11 is 0. The molecule has 98 valence electrons. The summed E-state index contributed by atoms with van der Waals surface area (Å²) in [5.41, 5.74) is 0.627. The van der Waals surface area contributed by atoms with Crippen molar-refractivity contribution in [3.05, 3.63) is 29.6 Å². The van der Waals surface area contributed by atoms with Crippen LogP contribution >= 0.6 is 0 Å². The van der Waals surface area contributed by atoms with Gasteiger partial charge >= 0.3 is 0 Å². The van der Waals surface area contributed by atoms with Crippen LogP contribution < -0.4 is 5.32 Å². The standard InChI is InChI=1S/C13H17F2N3/c1-8(2)16-7-3-4-11-17-10-6-5-9(14)12(15)13(10)18-11/h5-6,8,16H,3-4,7H2,1-2H3,(H,17,18). The first-order valence-corrected chi connectivity index (χ1v) is 6.14. The van der Waals surface area contributed by atoms with Gasteiger partial charge in [-0.05, 0) is 25.1 Å². The molecule has 0 spiro atoms. The van der Waals surface area contributed by atoms with E-state index in [1.165, 1.54) is 6.07 Å². The van der Waals surface area contributed by atoms with Crippen molar-refractivity contribution < 1.29 is 8.78 Å². The molecule has 1 aromatic carbocycles. The Hall–Kier alpha value is -1.49. The van der Waals surface area contributed by atoms with Crippen LogP contribution in [0.5, 0.6) is 0 Å². The van der Waals surface area contributed by atoms with Crippen LogP contribution in [0.1, 0.15) is 26.1 Å². The summed E-state index contributed by atoms with van der Waals surface area (Å²) in [6.07, 6.45) is 1.62. The van der Waals surface area contributed by atoms with Crippen LogP contribution in [0, 0.1) is 11.6 Å². The van der Waals surface area contributed by atoms with Crippen molar-refractivity contribution in [1.29, 1.82) is 0 Å². The number of aromatic nitrogens is 2. The van der Waals surface area contributed by atoms with Gasteiger partial charge < -0.3 is 10.3 Å². The summed E-state index contributed by atoms with van der Waals surface area (Å²) in [6, 6.07) is 3.07. The maximum absolute atomic E-state index is 13.4. The average Bonchev–Trinajstić information content (AvgIpc) is 2.73. The molecule has 0 unspecified atom stereocenters. The molecule has 0 atom stereocenters. The number of aromatic amines is 1. The molecule has 2 aromatic rings. The number of benzene rings is 1. The zero-order valence-electron chi connectivity index (χ0n) is 10.6. The third-order valence-corrected chi connectivity index (χ3v) is 2.74. The van der Waals surface area contributed by atoms with E-state index in [0.717, 1.165) is 25.5 Å². The van der Waals surface area contributed by atoms with Crippen LogP contribution in [0.4, 0.5) is 8.78 Å². The van der Waals surface area contributed by atoms with Gasteiger partial charge in [-0.2, -0.15) is 0 Å². The number of nitrogens with one attached hydrogen (secondary N) is 2. The van der Waals surface area contributed by atoms with Gasteiger partial charge in [-0.15, -0.1) is 0 Å². The van der Waals surface area contributed by atoms with Crippen LogP contribution in [0.2, 0.25) is 0 Å². The first-order valence-electron chi connectivity index (χ1n) is 6.14. The first-order chi connectivity index (χ1) is 8.58. The van der Waals surface area contributed by atoms with Gasteiger partial charge in [0.25, 0.3) is 0 Å². The number of halogens is 2. The van der Waals surface area contributed by atoms with Crippen LogP contribution in [0.25, 0.3) is 11.0 Å². The normalized spacial score (nSPS) is 11.6. The Bertz CT molecular complexity index is 534. The average molecular weight is 253 g/mol. The zero-order valence-corrected chi connectivity index (χ0v) is 10.6. The van der Waals surface area contributed by atoms with Gasteiger partial charge in [-0.1, -0.05) is 13.8 Å². The molecule has 0 radical (unpaired) electrons. The highest BCUT2D eigenvalue weighted by Crippen LogP contribution is 2.18. The second-order valence-electron chi connectivity index (χ2n) is 4.65. The Morgan fingerprint density at radius 1 is 1.33 bits per heavy atom. The molecular weight excluding hydrogens is 236 g/mol. The van der Waals surface area contributed by atoms with Crippen LogP contribution in [-0.2, 0) is 6.42 Å². The van der Waals surface area contributed by atoms with Gasteiger partial charge in [-0.25, -0.2) is 13.8 Å². The lowest BCUT2D eigenvalue weighted by Crippen LogP contribution is -2.24. The number of H-pyrrole nitrogens is 1. The van der Waals surface area contributed by atoms with E-state index in [1.54, 1.807) is 0 Å². The van der Waals surface area contributed by atoms with Crippen molar-refractivity contribution >= 4 is 11.0 Å². The fraction of sp³-hybridized carbons (Fsp3) is 0.462. The van der Waals surface area contributed by atoms with Gasteiger partial charge in [0, 0.05) is 12.5 Å². The summed E-state index contributed by atoms with van der Waals surface area (Å²) < 4.78 is 26.5. The molecule has 0 saturated carbocycles. The smallest absolute Gasteiger partial charge is 0.186 e. The number of aryl methyl sites for hydroxylation is 1. The molecule has 0 amide bonds. The number of hydrogen-bond donors (Lipinski definition) is 2. The third kappa shape index (κ3) is 2.85. The highest BCUT2D eigenvalue weighted by atomic mass is 19.2. The predicted molar refractivity (Wildman–Crippen MR) is 67.5 cm³/mol. The van der Waals surface area contributed by atoms with Gasteiger partial charge in [-0.3, -0.25) is 0 Å². The molecule has 0 aliphatic rings. The minimum absolute atomic E-state index is 0.0850. The Morgan fingerprint density at radius 2 is 2.11 bits per heavy atom. The van der Waals surface area contributed by atoms with Gasteiger partial charge in [0.1, 0.15) is 11.3 Å². The maximum Gasteiger partial charge on any atom is 0.186 e. The number of rotatable bonds is 5. The molecule has 0 aliphatic heterocycles. The molecule has 0 aliphatic carbocycles.